The maximum Gasteiger partial charge on any atom is 0.315 e. The van der Waals surface area contributed by atoms with Gasteiger partial charge in [-0.05, 0) is 33.0 Å². The molecule has 82 valence electrons. The molecule has 5 nitrogen and oxygen atoms in total. The van der Waals surface area contributed by atoms with Crippen molar-refractivity contribution in [1.82, 2.24) is 9.80 Å². The topological polar surface area (TPSA) is 75.6 Å². The fourth-order valence-corrected chi connectivity index (χ4v) is 1.73. The number of amides is 2. The Kier molecular flexibility index (Phi) is 4.16. The van der Waals surface area contributed by atoms with E-state index in [2.05, 4.69) is 4.90 Å². The van der Waals surface area contributed by atoms with Gasteiger partial charge in [0.25, 0.3) is 0 Å². The van der Waals surface area contributed by atoms with Gasteiger partial charge in [-0.3, -0.25) is 0 Å². The molecule has 0 aliphatic carbocycles. The standard InChI is InChI=1S/C9H20N4O/c1-12(5-2-4-10)7-8-3-6-13(8)9(11)14/h8H,2-7,10H2,1H3,(H2,11,14). The molecule has 4 N–H and O–H groups in total. The van der Waals surface area contributed by atoms with E-state index in [0.29, 0.717) is 12.6 Å². The minimum atomic E-state index is -0.298. The second-order valence-corrected chi connectivity index (χ2v) is 3.88. The van der Waals surface area contributed by atoms with E-state index in [0.717, 1.165) is 32.5 Å². The van der Waals surface area contributed by atoms with Crippen LogP contribution in [-0.2, 0) is 0 Å². The summed E-state index contributed by atoms with van der Waals surface area (Å²) in [5, 5.41) is 0. The van der Waals surface area contributed by atoms with Crippen LogP contribution >= 0.6 is 0 Å². The van der Waals surface area contributed by atoms with Crippen LogP contribution in [0, 0.1) is 0 Å². The summed E-state index contributed by atoms with van der Waals surface area (Å²) in [4.78, 5) is 14.8. The Hall–Kier alpha value is -0.810. The van der Waals surface area contributed by atoms with Crippen LogP contribution in [0.1, 0.15) is 12.8 Å². The lowest BCUT2D eigenvalue weighted by molar-refractivity contribution is 0.0956. The molecule has 2 amide bonds. The monoisotopic (exact) mass is 200 g/mol. The number of carbonyl (C=O) groups excluding carboxylic acids is 1. The average Bonchev–Trinajstić information content (AvgIpc) is 2.08. The highest BCUT2D eigenvalue weighted by Crippen LogP contribution is 2.17. The summed E-state index contributed by atoms with van der Waals surface area (Å²) in [5.74, 6) is 0. The van der Waals surface area contributed by atoms with Gasteiger partial charge in [0.05, 0.1) is 0 Å². The van der Waals surface area contributed by atoms with E-state index >= 15 is 0 Å². The Morgan fingerprint density at radius 3 is 2.79 bits per heavy atom. The van der Waals surface area contributed by atoms with E-state index in [9.17, 15) is 4.79 Å². The molecule has 5 heteroatoms. The molecule has 0 saturated carbocycles. The Morgan fingerprint density at radius 1 is 1.64 bits per heavy atom. The Labute approximate surface area is 85.0 Å². The number of primary amides is 1. The molecule has 0 radical (unpaired) electrons. The van der Waals surface area contributed by atoms with E-state index < -0.39 is 0 Å². The number of hydrogen-bond acceptors (Lipinski definition) is 3. The van der Waals surface area contributed by atoms with E-state index in [1.54, 1.807) is 4.90 Å². The molecule has 0 aromatic carbocycles. The van der Waals surface area contributed by atoms with Gasteiger partial charge >= 0.3 is 6.03 Å². The van der Waals surface area contributed by atoms with Crippen LogP contribution in [0.5, 0.6) is 0 Å². The van der Waals surface area contributed by atoms with Crippen LogP contribution in [0.25, 0.3) is 0 Å². The zero-order valence-corrected chi connectivity index (χ0v) is 8.78. The highest BCUT2D eigenvalue weighted by molar-refractivity contribution is 5.73. The van der Waals surface area contributed by atoms with Crippen molar-refractivity contribution in [1.29, 1.82) is 0 Å². The quantitative estimate of drug-likeness (QED) is 0.623. The first-order valence-corrected chi connectivity index (χ1v) is 5.10. The van der Waals surface area contributed by atoms with Crippen molar-refractivity contribution in [2.45, 2.75) is 18.9 Å². The van der Waals surface area contributed by atoms with Gasteiger partial charge in [-0.2, -0.15) is 0 Å². The molecule has 1 saturated heterocycles. The smallest absolute Gasteiger partial charge is 0.315 e. The Morgan fingerprint density at radius 2 is 2.36 bits per heavy atom. The molecule has 14 heavy (non-hydrogen) atoms. The summed E-state index contributed by atoms with van der Waals surface area (Å²) in [6.07, 6.45) is 2.07. The highest BCUT2D eigenvalue weighted by Gasteiger charge is 2.31. The van der Waals surface area contributed by atoms with Gasteiger partial charge in [-0.15, -0.1) is 0 Å². The molecular formula is C9H20N4O. The number of nitrogens with zero attached hydrogens (tertiary/aromatic N) is 2. The first-order valence-electron chi connectivity index (χ1n) is 5.10. The summed E-state index contributed by atoms with van der Waals surface area (Å²) in [7, 11) is 2.05. The lowest BCUT2D eigenvalue weighted by Crippen LogP contribution is -2.57. The minimum absolute atomic E-state index is 0.298. The lowest BCUT2D eigenvalue weighted by Gasteiger charge is -2.41. The number of carbonyl (C=O) groups is 1. The molecule has 1 fully saturated rings. The predicted octanol–water partition coefficient (Wildman–Crippen LogP) is -0.580. The zero-order chi connectivity index (χ0) is 10.6. The van der Waals surface area contributed by atoms with Gasteiger partial charge in [-0.1, -0.05) is 0 Å². The molecule has 0 bridgehead atoms. The van der Waals surface area contributed by atoms with Crippen molar-refractivity contribution in [2.75, 3.05) is 33.2 Å². The van der Waals surface area contributed by atoms with Crippen LogP contribution in [-0.4, -0.2) is 55.1 Å². The lowest BCUT2D eigenvalue weighted by atomic mass is 10.0. The maximum atomic E-state index is 10.9. The third-order valence-corrected chi connectivity index (χ3v) is 2.69. The van der Waals surface area contributed by atoms with Crippen molar-refractivity contribution in [3.8, 4) is 0 Å². The normalized spacial score (nSPS) is 21.1. The van der Waals surface area contributed by atoms with Gasteiger partial charge < -0.3 is 21.3 Å². The first-order chi connectivity index (χ1) is 6.65. The second kappa shape index (κ2) is 5.17. The summed E-state index contributed by atoms with van der Waals surface area (Å²) in [6.45, 7) is 3.42. The average molecular weight is 200 g/mol. The zero-order valence-electron chi connectivity index (χ0n) is 8.78. The first kappa shape index (κ1) is 11.3. The van der Waals surface area contributed by atoms with Crippen molar-refractivity contribution in [3.63, 3.8) is 0 Å². The fourth-order valence-electron chi connectivity index (χ4n) is 1.73. The van der Waals surface area contributed by atoms with E-state index in [-0.39, 0.29) is 6.03 Å². The molecule has 1 heterocycles. The molecule has 0 aromatic rings. The fraction of sp³-hybridized carbons (Fsp3) is 0.889. The minimum Gasteiger partial charge on any atom is -0.351 e. The second-order valence-electron chi connectivity index (χ2n) is 3.88. The van der Waals surface area contributed by atoms with Crippen LogP contribution in [0.2, 0.25) is 0 Å². The van der Waals surface area contributed by atoms with Crippen LogP contribution < -0.4 is 11.5 Å². The van der Waals surface area contributed by atoms with Gasteiger partial charge in [0.2, 0.25) is 0 Å². The molecular weight excluding hydrogens is 180 g/mol. The predicted molar refractivity (Wildman–Crippen MR) is 55.9 cm³/mol. The summed E-state index contributed by atoms with van der Waals surface area (Å²) < 4.78 is 0. The molecule has 1 aliphatic rings. The Balaban J connectivity index is 2.20. The third-order valence-electron chi connectivity index (χ3n) is 2.69. The summed E-state index contributed by atoms with van der Waals surface area (Å²) >= 11 is 0. The van der Waals surface area contributed by atoms with Crippen LogP contribution in [0.4, 0.5) is 4.79 Å². The van der Waals surface area contributed by atoms with Crippen molar-refractivity contribution in [2.24, 2.45) is 11.5 Å². The number of likely N-dealkylation sites (tertiary alicyclic amines) is 1. The molecule has 1 atom stereocenters. The highest BCUT2D eigenvalue weighted by atomic mass is 16.2. The van der Waals surface area contributed by atoms with Gasteiger partial charge in [0, 0.05) is 19.1 Å². The van der Waals surface area contributed by atoms with Crippen LogP contribution in [0.15, 0.2) is 0 Å². The van der Waals surface area contributed by atoms with Crippen molar-refractivity contribution in [3.05, 3.63) is 0 Å². The molecule has 1 unspecified atom stereocenters. The van der Waals surface area contributed by atoms with Gasteiger partial charge in [-0.25, -0.2) is 4.79 Å². The van der Waals surface area contributed by atoms with Crippen molar-refractivity contribution < 1.29 is 4.79 Å². The SMILES string of the molecule is CN(CCCN)CC1CCN1C(N)=O. The number of likely N-dealkylation sites (N-methyl/N-ethyl adjacent to an activating group) is 1. The molecule has 1 aliphatic heterocycles. The number of rotatable bonds is 5. The van der Waals surface area contributed by atoms with E-state index in [1.165, 1.54) is 0 Å². The third kappa shape index (κ3) is 2.85. The van der Waals surface area contributed by atoms with E-state index in [4.69, 9.17) is 11.5 Å². The van der Waals surface area contributed by atoms with Crippen LogP contribution in [0.3, 0.4) is 0 Å². The molecule has 0 spiro atoms. The Bertz CT molecular complexity index is 197. The summed E-state index contributed by atoms with van der Waals surface area (Å²) in [5.41, 5.74) is 10.6. The van der Waals surface area contributed by atoms with Gasteiger partial charge in [0.15, 0.2) is 0 Å². The maximum absolute atomic E-state index is 10.9. The van der Waals surface area contributed by atoms with E-state index in [1.807, 2.05) is 7.05 Å². The largest absolute Gasteiger partial charge is 0.351 e. The molecule has 0 aromatic heterocycles. The number of nitrogens with two attached hydrogens (primary N) is 2. The number of hydrogen-bond donors (Lipinski definition) is 2. The summed E-state index contributed by atoms with van der Waals surface area (Å²) in [6, 6.07) is 0.0174. The van der Waals surface area contributed by atoms with Gasteiger partial charge in [0.1, 0.15) is 0 Å². The number of urea groups is 1. The molecule has 1 rings (SSSR count). The van der Waals surface area contributed by atoms with Crippen molar-refractivity contribution >= 4 is 6.03 Å².